The van der Waals surface area contributed by atoms with Crippen LogP contribution in [0.4, 0.5) is 5.69 Å². The Balaban J connectivity index is 2.18. The van der Waals surface area contributed by atoms with Crippen LogP contribution >= 0.6 is 0 Å². The van der Waals surface area contributed by atoms with Gasteiger partial charge in [0.2, 0.25) is 0 Å². The summed E-state index contributed by atoms with van der Waals surface area (Å²) in [5.41, 5.74) is 1.42. The molecule has 2 heteroatoms. The van der Waals surface area contributed by atoms with Gasteiger partial charge < -0.3 is 4.90 Å². The van der Waals surface area contributed by atoms with Crippen molar-refractivity contribution in [2.75, 3.05) is 18.1 Å². The molecule has 0 radical (unpaired) electrons. The molecule has 1 nitrogen and oxygen atoms in total. The molecule has 1 aliphatic heterocycles. The highest BCUT2D eigenvalue weighted by Crippen LogP contribution is 2.23. The fourth-order valence-electron chi connectivity index (χ4n) is 2.97. The molecule has 86 valence electrons. The first-order chi connectivity index (χ1) is 8.22. The summed E-state index contributed by atoms with van der Waals surface area (Å²) in [6, 6.07) is 19.9. The van der Waals surface area contributed by atoms with E-state index in [1.807, 2.05) is 0 Å². The van der Waals surface area contributed by atoms with Crippen LogP contribution in [0.2, 0.25) is 6.55 Å². The molecule has 0 aliphatic carbocycles. The molecule has 0 saturated heterocycles. The Bertz CT molecular complexity index is 538. The third-order valence-electron chi connectivity index (χ3n) is 3.87. The van der Waals surface area contributed by atoms with Crippen molar-refractivity contribution in [1.29, 1.82) is 0 Å². The third-order valence-corrected chi connectivity index (χ3v) is 8.20. The van der Waals surface area contributed by atoms with Crippen molar-refractivity contribution in [2.45, 2.75) is 6.55 Å². The molecule has 1 aliphatic rings. The maximum absolute atomic E-state index is 2.48. The van der Waals surface area contributed by atoms with Crippen molar-refractivity contribution in [3.63, 3.8) is 0 Å². The summed E-state index contributed by atoms with van der Waals surface area (Å²) in [4.78, 5) is 2.41. The molecule has 0 aromatic heterocycles. The van der Waals surface area contributed by atoms with Gasteiger partial charge in [-0.2, -0.15) is 0 Å². The molecular formula is C15H17NSi. The predicted molar refractivity (Wildman–Crippen MR) is 77.0 cm³/mol. The first kappa shape index (κ1) is 10.6. The van der Waals surface area contributed by atoms with Crippen LogP contribution in [0, 0.1) is 0 Å². The molecule has 0 bridgehead atoms. The molecule has 2 aromatic carbocycles. The fraction of sp³-hybridized carbons (Fsp3) is 0.200. The summed E-state index contributed by atoms with van der Waals surface area (Å²) in [6.07, 6.45) is 1.19. The van der Waals surface area contributed by atoms with Gasteiger partial charge in [0.1, 0.15) is 8.07 Å². The molecule has 0 N–H and O–H groups in total. The molecule has 1 atom stereocenters. The van der Waals surface area contributed by atoms with E-state index in [4.69, 9.17) is 0 Å². The summed E-state index contributed by atoms with van der Waals surface area (Å²) < 4.78 is 0. The number of para-hydroxylation sites is 1. The normalized spacial score (nSPS) is 22.6. The number of anilines is 1. The average Bonchev–Trinajstić information content (AvgIpc) is 2.65. The van der Waals surface area contributed by atoms with Crippen LogP contribution in [0.5, 0.6) is 0 Å². The largest absolute Gasteiger partial charge is 0.377 e. The second-order valence-electron chi connectivity index (χ2n) is 5.07. The second-order valence-corrected chi connectivity index (χ2v) is 9.17. The van der Waals surface area contributed by atoms with E-state index in [1.54, 1.807) is 5.19 Å². The van der Waals surface area contributed by atoms with Gasteiger partial charge in [-0.05, 0) is 11.3 Å². The van der Waals surface area contributed by atoms with E-state index in [0.29, 0.717) is 0 Å². The topological polar surface area (TPSA) is 3.24 Å². The zero-order chi connectivity index (χ0) is 11.9. The standard InChI is InChI=1S/C15H17NSi/c1-16-12-17(2,13-8-4-3-5-9-13)15-11-7-6-10-14(15)16/h3-11H,12H2,1-2H3. The molecule has 3 rings (SSSR count). The van der Waals surface area contributed by atoms with Gasteiger partial charge in [0.15, 0.2) is 0 Å². The van der Waals surface area contributed by atoms with Gasteiger partial charge in [0.05, 0.1) is 0 Å². The van der Waals surface area contributed by atoms with Gasteiger partial charge in [0, 0.05) is 18.9 Å². The molecule has 1 heterocycles. The van der Waals surface area contributed by atoms with E-state index in [9.17, 15) is 0 Å². The Labute approximate surface area is 104 Å². The van der Waals surface area contributed by atoms with E-state index in [1.165, 1.54) is 17.0 Å². The van der Waals surface area contributed by atoms with Crippen LogP contribution < -0.4 is 15.3 Å². The van der Waals surface area contributed by atoms with E-state index in [-0.39, 0.29) is 0 Å². The summed E-state index contributed by atoms with van der Waals surface area (Å²) in [7, 11) is 0.688. The first-order valence-corrected chi connectivity index (χ1v) is 8.79. The monoisotopic (exact) mass is 239 g/mol. The zero-order valence-corrected chi connectivity index (χ0v) is 11.4. The van der Waals surface area contributed by atoms with Crippen molar-refractivity contribution in [3.8, 4) is 0 Å². The summed E-state index contributed by atoms with van der Waals surface area (Å²) in [5.74, 6) is 0. The van der Waals surface area contributed by atoms with Gasteiger partial charge >= 0.3 is 0 Å². The fourth-order valence-corrected chi connectivity index (χ4v) is 6.99. The van der Waals surface area contributed by atoms with Crippen molar-refractivity contribution in [1.82, 2.24) is 0 Å². The number of hydrogen-bond acceptors (Lipinski definition) is 1. The predicted octanol–water partition coefficient (Wildman–Crippen LogP) is 1.87. The number of nitrogens with zero attached hydrogens (tertiary/aromatic N) is 1. The molecule has 2 aromatic rings. The smallest absolute Gasteiger partial charge is 0.137 e. The van der Waals surface area contributed by atoms with E-state index < -0.39 is 8.07 Å². The molecule has 1 unspecified atom stereocenters. The second kappa shape index (κ2) is 3.74. The lowest BCUT2D eigenvalue weighted by Crippen LogP contribution is -2.57. The number of benzene rings is 2. The van der Waals surface area contributed by atoms with Crippen molar-refractivity contribution in [2.24, 2.45) is 0 Å². The summed E-state index contributed by atoms with van der Waals surface area (Å²) in [6.45, 7) is 2.48. The lowest BCUT2D eigenvalue weighted by Gasteiger charge is -2.23. The molecule has 0 amide bonds. The number of hydrogen-bond donors (Lipinski definition) is 0. The van der Waals surface area contributed by atoms with Crippen LogP contribution in [0.3, 0.4) is 0 Å². The Kier molecular flexibility index (Phi) is 2.33. The Morgan fingerprint density at radius 2 is 1.59 bits per heavy atom. The quantitative estimate of drug-likeness (QED) is 0.687. The van der Waals surface area contributed by atoms with Gasteiger partial charge in [-0.15, -0.1) is 0 Å². The minimum atomic E-state index is -1.52. The minimum Gasteiger partial charge on any atom is -0.377 e. The van der Waals surface area contributed by atoms with E-state index in [2.05, 4.69) is 73.1 Å². The summed E-state index contributed by atoms with van der Waals surface area (Å²) in [5, 5.41) is 3.12. The van der Waals surface area contributed by atoms with Gasteiger partial charge in [-0.3, -0.25) is 0 Å². The lowest BCUT2D eigenvalue weighted by molar-refractivity contribution is 1.10. The Morgan fingerprint density at radius 1 is 0.941 bits per heavy atom. The Hall–Kier alpha value is -1.54. The maximum Gasteiger partial charge on any atom is 0.137 e. The maximum atomic E-state index is 2.48. The van der Waals surface area contributed by atoms with Crippen LogP contribution in [-0.2, 0) is 0 Å². The third kappa shape index (κ3) is 1.52. The Morgan fingerprint density at radius 3 is 2.35 bits per heavy atom. The molecule has 0 saturated carbocycles. The molecule has 0 spiro atoms. The first-order valence-electron chi connectivity index (χ1n) is 6.08. The molecular weight excluding hydrogens is 222 g/mol. The number of fused-ring (bicyclic) bond motifs is 1. The van der Waals surface area contributed by atoms with Crippen LogP contribution in [0.15, 0.2) is 54.6 Å². The average molecular weight is 239 g/mol. The highest BCUT2D eigenvalue weighted by molar-refractivity contribution is 7.03. The highest BCUT2D eigenvalue weighted by Gasteiger charge is 2.40. The van der Waals surface area contributed by atoms with Crippen LogP contribution in [0.25, 0.3) is 0 Å². The van der Waals surface area contributed by atoms with E-state index in [0.717, 1.165) is 0 Å². The van der Waals surface area contributed by atoms with Crippen molar-refractivity contribution < 1.29 is 0 Å². The highest BCUT2D eigenvalue weighted by atomic mass is 28.3. The molecule has 17 heavy (non-hydrogen) atoms. The van der Waals surface area contributed by atoms with Crippen LogP contribution in [0.1, 0.15) is 0 Å². The van der Waals surface area contributed by atoms with Crippen LogP contribution in [-0.4, -0.2) is 21.3 Å². The van der Waals surface area contributed by atoms with E-state index >= 15 is 0 Å². The van der Waals surface area contributed by atoms with Gasteiger partial charge in [-0.1, -0.05) is 60.3 Å². The number of rotatable bonds is 1. The van der Waals surface area contributed by atoms with Crippen molar-refractivity contribution >= 4 is 24.1 Å². The zero-order valence-electron chi connectivity index (χ0n) is 10.4. The summed E-state index contributed by atoms with van der Waals surface area (Å²) >= 11 is 0. The minimum absolute atomic E-state index is 1.19. The van der Waals surface area contributed by atoms with Crippen molar-refractivity contribution in [3.05, 3.63) is 54.6 Å². The van der Waals surface area contributed by atoms with Gasteiger partial charge in [0.25, 0.3) is 0 Å². The molecule has 0 fully saturated rings. The van der Waals surface area contributed by atoms with Gasteiger partial charge in [-0.25, -0.2) is 0 Å². The SMILES string of the molecule is CN1C[Si](C)(c2ccccc2)c2ccccc21. The lowest BCUT2D eigenvalue weighted by atomic mass is 10.3.